The summed E-state index contributed by atoms with van der Waals surface area (Å²) in [4.78, 5) is 7.89. The van der Waals surface area contributed by atoms with Crippen LogP contribution in [0.15, 0.2) is 36.4 Å². The van der Waals surface area contributed by atoms with Crippen LogP contribution in [0, 0.1) is 0 Å². The first-order chi connectivity index (χ1) is 10.2. The van der Waals surface area contributed by atoms with Gasteiger partial charge < -0.3 is 0 Å². The molecule has 2 nitrogen and oxygen atoms in total. The zero-order valence-corrected chi connectivity index (χ0v) is 10.6. The molecule has 22 heavy (non-hydrogen) atoms. The maximum Gasteiger partial charge on any atom is 0.417 e. The van der Waals surface area contributed by atoms with Gasteiger partial charge in [-0.15, -0.1) is 0 Å². The highest BCUT2D eigenvalue weighted by Gasteiger charge is 2.43. The Morgan fingerprint density at radius 1 is 0.591 bits per heavy atom. The lowest BCUT2D eigenvalue weighted by atomic mass is 10.0. The average molecular weight is 316 g/mol. The van der Waals surface area contributed by atoms with Crippen molar-refractivity contribution in [2.24, 2.45) is 0 Å². The van der Waals surface area contributed by atoms with Crippen LogP contribution in [0.3, 0.4) is 0 Å². The van der Waals surface area contributed by atoms with Crippen LogP contribution in [0.2, 0.25) is 0 Å². The van der Waals surface area contributed by atoms with Gasteiger partial charge in [0.25, 0.3) is 0 Å². The lowest BCUT2D eigenvalue weighted by Gasteiger charge is -2.16. The summed E-state index contributed by atoms with van der Waals surface area (Å²) >= 11 is 0. The minimum Gasteiger partial charge on any atom is -0.244 e. The number of fused-ring (bicyclic) bond motifs is 2. The third kappa shape index (κ3) is 2.44. The normalized spacial score (nSPS) is 13.0. The van der Waals surface area contributed by atoms with Gasteiger partial charge in [0.1, 0.15) is 0 Å². The molecule has 0 aliphatic heterocycles. The lowest BCUT2D eigenvalue weighted by molar-refractivity contribution is -0.161. The van der Waals surface area contributed by atoms with Gasteiger partial charge in [0.05, 0.1) is 33.2 Å². The van der Waals surface area contributed by atoms with Gasteiger partial charge in [-0.3, -0.25) is 0 Å². The molecule has 3 rings (SSSR count). The predicted octanol–water partition coefficient (Wildman–Crippen LogP) is 4.82. The van der Waals surface area contributed by atoms with Crippen molar-refractivity contribution in [1.29, 1.82) is 0 Å². The van der Waals surface area contributed by atoms with Crippen LogP contribution in [-0.4, -0.2) is 9.97 Å². The minimum absolute atomic E-state index is 0.237. The molecule has 0 aliphatic rings. The van der Waals surface area contributed by atoms with E-state index in [1.54, 1.807) is 12.1 Å². The molecule has 0 N–H and O–H groups in total. The molecule has 2 aromatic carbocycles. The van der Waals surface area contributed by atoms with Crippen LogP contribution >= 0.6 is 0 Å². The van der Waals surface area contributed by atoms with E-state index in [2.05, 4.69) is 9.97 Å². The number of hydrogen-bond donors (Lipinski definition) is 0. The molecule has 0 spiro atoms. The number of halogens is 6. The highest BCUT2D eigenvalue weighted by Crippen LogP contribution is 2.41. The van der Waals surface area contributed by atoms with Crippen molar-refractivity contribution in [1.82, 2.24) is 9.97 Å². The van der Waals surface area contributed by atoms with E-state index in [0.29, 0.717) is 23.2 Å². The smallest absolute Gasteiger partial charge is 0.244 e. The van der Waals surface area contributed by atoms with Crippen molar-refractivity contribution >= 4 is 22.1 Å². The second kappa shape index (κ2) is 4.56. The monoisotopic (exact) mass is 316 g/mol. The summed E-state index contributed by atoms with van der Waals surface area (Å²) in [7, 11) is 0. The zero-order valence-electron chi connectivity index (χ0n) is 10.6. The molecule has 0 unspecified atom stereocenters. The summed E-state index contributed by atoms with van der Waals surface area (Å²) in [6.07, 6.45) is -10.3. The van der Waals surface area contributed by atoms with Crippen LogP contribution in [-0.2, 0) is 12.4 Å². The predicted molar refractivity (Wildman–Crippen MR) is 67.0 cm³/mol. The number of benzene rings is 2. The van der Waals surface area contributed by atoms with Crippen LogP contribution in [0.1, 0.15) is 11.1 Å². The first-order valence-electron chi connectivity index (χ1n) is 6.01. The Balaban J connectivity index is 2.40. The second-order valence-electron chi connectivity index (χ2n) is 4.59. The van der Waals surface area contributed by atoms with Crippen molar-refractivity contribution in [3.05, 3.63) is 47.5 Å². The molecular weight excluding hydrogens is 310 g/mol. The Morgan fingerprint density at radius 2 is 0.955 bits per heavy atom. The second-order valence-corrected chi connectivity index (χ2v) is 4.59. The average Bonchev–Trinajstić information content (AvgIpc) is 2.41. The molecule has 8 heteroatoms. The van der Waals surface area contributed by atoms with E-state index in [0.717, 1.165) is 0 Å². The lowest BCUT2D eigenvalue weighted by Crippen LogP contribution is -2.16. The molecule has 1 heterocycles. The van der Waals surface area contributed by atoms with Crippen molar-refractivity contribution in [3.63, 3.8) is 0 Å². The highest BCUT2D eigenvalue weighted by atomic mass is 19.4. The standard InChI is InChI=1S/C14H6F6N2/c15-13(16,17)7-5-11-12(6-8(7)14(18,19)20)22-10-4-2-1-3-9(10)21-11/h1-6H. The molecule has 0 amide bonds. The molecule has 0 radical (unpaired) electrons. The van der Waals surface area contributed by atoms with Crippen molar-refractivity contribution in [3.8, 4) is 0 Å². The van der Waals surface area contributed by atoms with E-state index in [-0.39, 0.29) is 11.0 Å². The van der Waals surface area contributed by atoms with E-state index in [1.807, 2.05) is 0 Å². The van der Waals surface area contributed by atoms with E-state index < -0.39 is 23.5 Å². The van der Waals surface area contributed by atoms with Crippen LogP contribution in [0.25, 0.3) is 22.1 Å². The maximum atomic E-state index is 12.9. The maximum absolute atomic E-state index is 12.9. The molecule has 0 saturated carbocycles. The van der Waals surface area contributed by atoms with Gasteiger partial charge in [0.2, 0.25) is 0 Å². The zero-order chi connectivity index (χ0) is 16.1. The van der Waals surface area contributed by atoms with Crippen LogP contribution in [0.4, 0.5) is 26.3 Å². The summed E-state index contributed by atoms with van der Waals surface area (Å²) in [5, 5.41) is 0. The summed E-state index contributed by atoms with van der Waals surface area (Å²) < 4.78 is 77.2. The number of alkyl halides is 6. The summed E-state index contributed by atoms with van der Waals surface area (Å²) in [6, 6.07) is 7.03. The fourth-order valence-electron chi connectivity index (χ4n) is 2.14. The van der Waals surface area contributed by atoms with Crippen molar-refractivity contribution in [2.45, 2.75) is 12.4 Å². The molecule has 114 valence electrons. The summed E-state index contributed by atoms with van der Waals surface area (Å²) in [5.41, 5.74) is -3.39. The number of para-hydroxylation sites is 2. The first-order valence-corrected chi connectivity index (χ1v) is 6.01. The van der Waals surface area contributed by atoms with Gasteiger partial charge in [-0.1, -0.05) is 12.1 Å². The number of hydrogen-bond acceptors (Lipinski definition) is 2. The fourth-order valence-corrected chi connectivity index (χ4v) is 2.14. The van der Waals surface area contributed by atoms with Crippen molar-refractivity contribution in [2.75, 3.05) is 0 Å². The van der Waals surface area contributed by atoms with Crippen LogP contribution in [0.5, 0.6) is 0 Å². The van der Waals surface area contributed by atoms with E-state index in [1.165, 1.54) is 12.1 Å². The van der Waals surface area contributed by atoms with Gasteiger partial charge in [-0.05, 0) is 24.3 Å². The fraction of sp³-hybridized carbons (Fsp3) is 0.143. The number of aromatic nitrogens is 2. The SMILES string of the molecule is FC(F)(F)c1cc2nc3ccccc3nc2cc1C(F)(F)F. The topological polar surface area (TPSA) is 25.8 Å². The van der Waals surface area contributed by atoms with Gasteiger partial charge >= 0.3 is 12.4 Å². The van der Waals surface area contributed by atoms with E-state index in [4.69, 9.17) is 0 Å². The Morgan fingerprint density at radius 3 is 1.27 bits per heavy atom. The Bertz CT molecular complexity index is 795. The number of rotatable bonds is 0. The third-order valence-electron chi connectivity index (χ3n) is 3.09. The van der Waals surface area contributed by atoms with E-state index >= 15 is 0 Å². The van der Waals surface area contributed by atoms with Crippen LogP contribution < -0.4 is 0 Å². The largest absolute Gasteiger partial charge is 0.417 e. The van der Waals surface area contributed by atoms with Gasteiger partial charge in [0, 0.05) is 0 Å². The Labute approximate surface area is 119 Å². The molecular formula is C14H6F6N2. The third-order valence-corrected chi connectivity index (χ3v) is 3.09. The number of nitrogens with zero attached hydrogens (tertiary/aromatic N) is 2. The van der Waals surface area contributed by atoms with Gasteiger partial charge in [-0.25, -0.2) is 9.97 Å². The molecule has 0 bridgehead atoms. The molecule has 0 saturated heterocycles. The Kier molecular flexibility index (Phi) is 3.01. The first kappa shape index (κ1) is 14.6. The molecule has 1 aromatic heterocycles. The molecule has 0 atom stereocenters. The molecule has 0 fully saturated rings. The summed E-state index contributed by atoms with van der Waals surface area (Å²) in [5.74, 6) is 0. The highest BCUT2D eigenvalue weighted by molar-refractivity contribution is 5.87. The van der Waals surface area contributed by atoms with Gasteiger partial charge in [0.15, 0.2) is 0 Å². The molecule has 0 aliphatic carbocycles. The quantitative estimate of drug-likeness (QED) is 0.439. The van der Waals surface area contributed by atoms with E-state index in [9.17, 15) is 26.3 Å². The minimum atomic E-state index is -5.13. The Hall–Kier alpha value is -2.38. The van der Waals surface area contributed by atoms with Gasteiger partial charge in [-0.2, -0.15) is 26.3 Å². The molecule has 3 aromatic rings. The van der Waals surface area contributed by atoms with Crippen molar-refractivity contribution < 1.29 is 26.3 Å². The summed E-state index contributed by atoms with van der Waals surface area (Å²) in [6.45, 7) is 0.